The van der Waals surface area contributed by atoms with Crippen molar-refractivity contribution < 1.29 is 8.42 Å². The molecule has 0 aliphatic carbocycles. The molecule has 0 heterocycles. The summed E-state index contributed by atoms with van der Waals surface area (Å²) in [7, 11) is -3.80. The lowest BCUT2D eigenvalue weighted by Gasteiger charge is -2.12. The highest BCUT2D eigenvalue weighted by Crippen LogP contribution is 2.29. The number of anilines is 2. The second-order valence-corrected chi connectivity index (χ2v) is 7.19. The average Bonchev–Trinajstić information content (AvgIpc) is 2.36. The number of benzene rings is 2. The molecule has 3 N–H and O–H groups in total. The summed E-state index contributed by atoms with van der Waals surface area (Å²) in [4.78, 5) is -0.0485. The summed E-state index contributed by atoms with van der Waals surface area (Å²) in [6.07, 6.45) is 0. The molecule has 0 spiro atoms. The van der Waals surface area contributed by atoms with E-state index in [1.807, 2.05) is 13.0 Å². The molecule has 0 bridgehead atoms. The van der Waals surface area contributed by atoms with Crippen LogP contribution < -0.4 is 10.5 Å². The number of hydrogen-bond acceptors (Lipinski definition) is 3. The monoisotopic (exact) mass is 374 g/mol. The molecule has 2 rings (SSSR count). The highest BCUT2D eigenvalue weighted by atomic mass is 79.9. The van der Waals surface area contributed by atoms with Crippen molar-refractivity contribution in [1.29, 1.82) is 0 Å². The van der Waals surface area contributed by atoms with Crippen LogP contribution in [0.1, 0.15) is 5.56 Å². The second kappa shape index (κ2) is 5.63. The highest BCUT2D eigenvalue weighted by Gasteiger charge is 2.19. The quantitative estimate of drug-likeness (QED) is 0.802. The fraction of sp³-hybridized carbons (Fsp3) is 0.0769. The van der Waals surface area contributed by atoms with Crippen LogP contribution in [-0.4, -0.2) is 8.42 Å². The van der Waals surface area contributed by atoms with E-state index in [9.17, 15) is 8.42 Å². The highest BCUT2D eigenvalue weighted by molar-refractivity contribution is 9.10. The van der Waals surface area contributed by atoms with Crippen molar-refractivity contribution in [3.63, 3.8) is 0 Å². The molecule has 0 aromatic heterocycles. The maximum Gasteiger partial charge on any atom is 0.263 e. The molecule has 2 aromatic carbocycles. The van der Waals surface area contributed by atoms with E-state index in [0.29, 0.717) is 15.8 Å². The van der Waals surface area contributed by atoms with Crippen molar-refractivity contribution in [1.82, 2.24) is 0 Å². The van der Waals surface area contributed by atoms with Crippen molar-refractivity contribution in [2.24, 2.45) is 0 Å². The number of rotatable bonds is 3. The molecule has 0 saturated carbocycles. The van der Waals surface area contributed by atoms with Gasteiger partial charge in [0, 0.05) is 10.2 Å². The van der Waals surface area contributed by atoms with Crippen molar-refractivity contribution in [3.8, 4) is 0 Å². The Morgan fingerprint density at radius 3 is 2.60 bits per heavy atom. The molecule has 106 valence electrons. The molecule has 7 heteroatoms. The van der Waals surface area contributed by atoms with Crippen LogP contribution in [0.2, 0.25) is 5.02 Å². The first kappa shape index (κ1) is 15.2. The van der Waals surface area contributed by atoms with Crippen molar-refractivity contribution in [2.75, 3.05) is 10.5 Å². The minimum absolute atomic E-state index is 0.0485. The minimum Gasteiger partial charge on any atom is -0.399 e. The van der Waals surface area contributed by atoms with Gasteiger partial charge in [0.25, 0.3) is 10.0 Å². The lowest BCUT2D eigenvalue weighted by molar-refractivity contribution is 0.601. The molecule has 2 aromatic rings. The van der Waals surface area contributed by atoms with E-state index in [1.54, 1.807) is 18.2 Å². The molecule has 0 radical (unpaired) electrons. The largest absolute Gasteiger partial charge is 0.399 e. The van der Waals surface area contributed by atoms with Gasteiger partial charge >= 0.3 is 0 Å². The van der Waals surface area contributed by atoms with E-state index in [-0.39, 0.29) is 9.92 Å². The van der Waals surface area contributed by atoms with Gasteiger partial charge in [-0.05, 0) is 58.7 Å². The van der Waals surface area contributed by atoms with Gasteiger partial charge in [-0.1, -0.05) is 17.7 Å². The molecular weight excluding hydrogens is 364 g/mol. The summed E-state index contributed by atoms with van der Waals surface area (Å²) < 4.78 is 27.9. The van der Waals surface area contributed by atoms with Crippen molar-refractivity contribution in [2.45, 2.75) is 11.8 Å². The number of hydrogen-bond donors (Lipinski definition) is 2. The van der Waals surface area contributed by atoms with Crippen LogP contribution in [0.25, 0.3) is 0 Å². The van der Waals surface area contributed by atoms with E-state index in [0.717, 1.165) is 5.56 Å². The summed E-state index contributed by atoms with van der Waals surface area (Å²) in [6.45, 7) is 1.87. The summed E-state index contributed by atoms with van der Waals surface area (Å²) in [5.41, 5.74) is 7.33. The van der Waals surface area contributed by atoms with Gasteiger partial charge in [-0.15, -0.1) is 0 Å². The average molecular weight is 376 g/mol. The van der Waals surface area contributed by atoms with Crippen molar-refractivity contribution in [3.05, 3.63) is 51.5 Å². The number of sulfonamides is 1. The zero-order valence-corrected chi connectivity index (χ0v) is 13.7. The lowest BCUT2D eigenvalue weighted by atomic mass is 10.2. The van der Waals surface area contributed by atoms with E-state index >= 15 is 0 Å². The number of nitrogens with two attached hydrogens (primary N) is 1. The Balaban J connectivity index is 2.46. The smallest absolute Gasteiger partial charge is 0.263 e. The zero-order chi connectivity index (χ0) is 14.9. The predicted octanol–water partition coefficient (Wildman–Crippen LogP) is 3.79. The molecule has 0 fully saturated rings. The molecule has 0 atom stereocenters. The van der Waals surface area contributed by atoms with Crippen molar-refractivity contribution >= 4 is 48.9 Å². The van der Waals surface area contributed by atoms with Crippen LogP contribution in [0.5, 0.6) is 0 Å². The van der Waals surface area contributed by atoms with Gasteiger partial charge in [0.05, 0.1) is 10.7 Å². The Labute approximate surface area is 131 Å². The third kappa shape index (κ3) is 3.26. The number of nitrogen functional groups attached to an aromatic ring is 1. The summed E-state index contributed by atoms with van der Waals surface area (Å²) in [5.74, 6) is 0. The van der Waals surface area contributed by atoms with Gasteiger partial charge in [0.15, 0.2) is 0 Å². The van der Waals surface area contributed by atoms with E-state index in [4.69, 9.17) is 17.3 Å². The van der Waals surface area contributed by atoms with Crippen LogP contribution in [0.4, 0.5) is 11.4 Å². The number of nitrogens with one attached hydrogen (secondary N) is 1. The maximum absolute atomic E-state index is 12.4. The molecular formula is C13H12BrClN2O2S. The second-order valence-electron chi connectivity index (χ2n) is 4.28. The van der Waals surface area contributed by atoms with Crippen LogP contribution >= 0.6 is 27.5 Å². The Morgan fingerprint density at radius 1 is 1.20 bits per heavy atom. The first-order valence-electron chi connectivity index (χ1n) is 5.63. The fourth-order valence-corrected chi connectivity index (χ4v) is 3.73. The van der Waals surface area contributed by atoms with Gasteiger partial charge in [-0.3, -0.25) is 4.72 Å². The Bertz CT molecular complexity index is 763. The topological polar surface area (TPSA) is 72.2 Å². The molecule has 0 amide bonds. The fourth-order valence-electron chi connectivity index (χ4n) is 1.64. The third-order valence-electron chi connectivity index (χ3n) is 2.61. The molecule has 4 nitrogen and oxygen atoms in total. The molecule has 0 aliphatic rings. The normalized spacial score (nSPS) is 11.3. The SMILES string of the molecule is Cc1ccc(Br)c(NS(=O)(=O)c2cc(N)ccc2Cl)c1. The summed E-state index contributed by atoms with van der Waals surface area (Å²) in [6, 6.07) is 9.69. The van der Waals surface area contributed by atoms with Crippen LogP contribution in [-0.2, 0) is 10.0 Å². The Hall–Kier alpha value is -1.24. The third-order valence-corrected chi connectivity index (χ3v) is 5.15. The van der Waals surface area contributed by atoms with E-state index < -0.39 is 10.0 Å². The van der Waals surface area contributed by atoms with Crippen LogP contribution in [0, 0.1) is 6.92 Å². The Morgan fingerprint density at radius 2 is 1.90 bits per heavy atom. The first-order valence-corrected chi connectivity index (χ1v) is 8.29. The lowest BCUT2D eigenvalue weighted by Crippen LogP contribution is -2.14. The summed E-state index contributed by atoms with van der Waals surface area (Å²) in [5, 5.41) is 0.121. The molecule has 0 saturated heterocycles. The van der Waals surface area contributed by atoms with Gasteiger partial charge < -0.3 is 5.73 Å². The first-order chi connectivity index (χ1) is 9.29. The minimum atomic E-state index is -3.80. The number of aryl methyl sites for hydroxylation is 1. The summed E-state index contributed by atoms with van der Waals surface area (Å²) >= 11 is 9.24. The molecule has 0 unspecified atom stereocenters. The predicted molar refractivity (Wildman–Crippen MR) is 85.6 cm³/mol. The van der Waals surface area contributed by atoms with Gasteiger partial charge in [0.2, 0.25) is 0 Å². The van der Waals surface area contributed by atoms with Gasteiger partial charge in [-0.25, -0.2) is 8.42 Å². The van der Waals surface area contributed by atoms with Crippen LogP contribution in [0.15, 0.2) is 45.8 Å². The van der Waals surface area contributed by atoms with Crippen LogP contribution in [0.3, 0.4) is 0 Å². The Kier molecular flexibility index (Phi) is 4.27. The van der Waals surface area contributed by atoms with Gasteiger partial charge in [0.1, 0.15) is 4.90 Å². The molecule has 0 aliphatic heterocycles. The van der Waals surface area contributed by atoms with E-state index in [2.05, 4.69) is 20.7 Å². The molecule has 20 heavy (non-hydrogen) atoms. The standard InChI is InChI=1S/C13H12BrClN2O2S/c1-8-2-4-10(14)12(6-8)17-20(18,19)13-7-9(16)3-5-11(13)15/h2-7,17H,16H2,1H3. The number of halogens is 2. The zero-order valence-electron chi connectivity index (χ0n) is 10.5. The maximum atomic E-state index is 12.4. The van der Waals surface area contributed by atoms with Gasteiger partial charge in [-0.2, -0.15) is 0 Å². The van der Waals surface area contributed by atoms with E-state index in [1.165, 1.54) is 12.1 Å².